The zero-order valence-corrected chi connectivity index (χ0v) is 15.5. The smallest absolute Gasteiger partial charge is 0.248 e. The molecule has 5 heteroatoms. The van der Waals surface area contributed by atoms with E-state index in [1.165, 1.54) is 6.08 Å². The van der Waals surface area contributed by atoms with Crippen molar-refractivity contribution in [3.05, 3.63) is 59.7 Å². The summed E-state index contributed by atoms with van der Waals surface area (Å²) in [5.74, 6) is 1.11. The number of carbonyl (C=O) groups excluding carboxylic acids is 1. The van der Waals surface area contributed by atoms with Gasteiger partial charge in [-0.3, -0.25) is 4.79 Å². The minimum absolute atomic E-state index is 0.206. The Balaban J connectivity index is 2.07. The van der Waals surface area contributed by atoms with Gasteiger partial charge in [-0.1, -0.05) is 24.3 Å². The lowest BCUT2D eigenvalue weighted by Gasteiger charge is -2.10. The minimum atomic E-state index is -0.206. The molecule has 0 atom stereocenters. The van der Waals surface area contributed by atoms with Gasteiger partial charge in [0.15, 0.2) is 11.5 Å². The lowest BCUT2D eigenvalue weighted by Crippen LogP contribution is -2.10. The molecule has 2 aromatic rings. The van der Waals surface area contributed by atoms with E-state index in [9.17, 15) is 4.79 Å². The zero-order chi connectivity index (χ0) is 18.8. The second kappa shape index (κ2) is 10.3. The summed E-state index contributed by atoms with van der Waals surface area (Å²) in [6, 6.07) is 13.1. The van der Waals surface area contributed by atoms with E-state index in [0.717, 1.165) is 16.8 Å². The van der Waals surface area contributed by atoms with Crippen LogP contribution in [0.25, 0.3) is 6.08 Å². The number of benzene rings is 2. The van der Waals surface area contributed by atoms with Crippen molar-refractivity contribution in [2.45, 2.75) is 20.5 Å². The number of para-hydroxylation sites is 1. The van der Waals surface area contributed by atoms with E-state index in [-0.39, 0.29) is 5.91 Å². The maximum Gasteiger partial charge on any atom is 0.248 e. The molecular weight excluding hydrogens is 330 g/mol. The van der Waals surface area contributed by atoms with E-state index in [2.05, 4.69) is 5.32 Å². The normalized spacial score (nSPS) is 10.7. The predicted octanol–water partition coefficient (Wildman–Crippen LogP) is 4.28. The summed E-state index contributed by atoms with van der Waals surface area (Å²) < 4.78 is 16.2. The summed E-state index contributed by atoms with van der Waals surface area (Å²) in [6.07, 6.45) is 3.23. The molecule has 0 spiro atoms. The predicted molar refractivity (Wildman–Crippen MR) is 104 cm³/mol. The summed E-state index contributed by atoms with van der Waals surface area (Å²) >= 11 is 0. The number of rotatable bonds is 9. The maximum atomic E-state index is 12.3. The molecule has 5 nitrogen and oxygen atoms in total. The Hall–Kier alpha value is -2.79. The molecule has 0 aromatic heterocycles. The molecule has 2 aromatic carbocycles. The molecule has 2 rings (SSSR count). The van der Waals surface area contributed by atoms with Crippen LogP contribution in [-0.2, 0) is 16.1 Å². The van der Waals surface area contributed by atoms with Crippen molar-refractivity contribution in [2.24, 2.45) is 0 Å². The number of amides is 1. The van der Waals surface area contributed by atoms with Crippen molar-refractivity contribution in [1.82, 2.24) is 0 Å². The third-order valence-corrected chi connectivity index (χ3v) is 3.65. The van der Waals surface area contributed by atoms with E-state index >= 15 is 0 Å². The molecule has 0 unspecified atom stereocenters. The molecule has 0 fully saturated rings. The van der Waals surface area contributed by atoms with Crippen molar-refractivity contribution in [3.63, 3.8) is 0 Å². The maximum absolute atomic E-state index is 12.3. The number of nitrogens with one attached hydrogen (secondary N) is 1. The molecular formula is C21H25NO4. The largest absolute Gasteiger partial charge is 0.493 e. The number of hydrogen-bond donors (Lipinski definition) is 1. The zero-order valence-electron chi connectivity index (χ0n) is 15.5. The van der Waals surface area contributed by atoms with Crippen LogP contribution < -0.4 is 14.8 Å². The average molecular weight is 355 g/mol. The molecule has 0 aliphatic carbocycles. The molecule has 1 amide bonds. The van der Waals surface area contributed by atoms with Crippen molar-refractivity contribution < 1.29 is 19.0 Å². The van der Waals surface area contributed by atoms with E-state index in [4.69, 9.17) is 14.2 Å². The summed E-state index contributed by atoms with van der Waals surface area (Å²) in [4.78, 5) is 12.3. The Bertz CT molecular complexity index is 755. The fourth-order valence-electron chi connectivity index (χ4n) is 2.39. The van der Waals surface area contributed by atoms with Crippen molar-refractivity contribution >= 4 is 17.7 Å². The van der Waals surface area contributed by atoms with Crippen molar-refractivity contribution in [3.8, 4) is 11.5 Å². The number of carbonyl (C=O) groups is 1. The molecule has 0 bridgehead atoms. The van der Waals surface area contributed by atoms with Crippen LogP contribution in [0.5, 0.6) is 11.5 Å². The number of methoxy groups -OCH3 is 1. The van der Waals surface area contributed by atoms with Crippen LogP contribution in [0.2, 0.25) is 0 Å². The van der Waals surface area contributed by atoms with Gasteiger partial charge < -0.3 is 19.5 Å². The number of hydrogen-bond acceptors (Lipinski definition) is 4. The van der Waals surface area contributed by atoms with Gasteiger partial charge in [0.25, 0.3) is 0 Å². The third-order valence-electron chi connectivity index (χ3n) is 3.65. The first-order chi connectivity index (χ1) is 12.7. The fraction of sp³-hybridized carbons (Fsp3) is 0.286. The second-order valence-corrected chi connectivity index (χ2v) is 5.46. The first-order valence-corrected chi connectivity index (χ1v) is 8.63. The van der Waals surface area contributed by atoms with Crippen molar-refractivity contribution in [1.29, 1.82) is 0 Å². The van der Waals surface area contributed by atoms with Gasteiger partial charge in [-0.05, 0) is 43.7 Å². The first kappa shape index (κ1) is 19.5. The van der Waals surface area contributed by atoms with Crippen LogP contribution in [0.4, 0.5) is 5.69 Å². The molecule has 0 radical (unpaired) electrons. The van der Waals surface area contributed by atoms with Crippen molar-refractivity contribution in [2.75, 3.05) is 25.6 Å². The Morgan fingerprint density at radius 3 is 2.62 bits per heavy atom. The van der Waals surface area contributed by atoms with E-state index in [1.54, 1.807) is 13.2 Å². The van der Waals surface area contributed by atoms with Crippen LogP contribution in [0.1, 0.15) is 25.0 Å². The highest BCUT2D eigenvalue weighted by Gasteiger charge is 2.06. The third kappa shape index (κ3) is 5.63. The van der Waals surface area contributed by atoms with Gasteiger partial charge in [-0.25, -0.2) is 0 Å². The van der Waals surface area contributed by atoms with Gasteiger partial charge in [0.2, 0.25) is 5.91 Å². The van der Waals surface area contributed by atoms with Gasteiger partial charge in [0.05, 0.1) is 20.3 Å². The van der Waals surface area contributed by atoms with Crippen LogP contribution in [0.15, 0.2) is 48.5 Å². The topological polar surface area (TPSA) is 56.8 Å². The highest BCUT2D eigenvalue weighted by Crippen LogP contribution is 2.28. The molecule has 138 valence electrons. The summed E-state index contributed by atoms with van der Waals surface area (Å²) in [5, 5.41) is 2.89. The number of ether oxygens (including phenoxy) is 3. The molecule has 0 saturated carbocycles. The molecule has 1 N–H and O–H groups in total. The molecule has 0 heterocycles. The lowest BCUT2D eigenvalue weighted by molar-refractivity contribution is -0.111. The molecule has 26 heavy (non-hydrogen) atoms. The van der Waals surface area contributed by atoms with Gasteiger partial charge >= 0.3 is 0 Å². The van der Waals surface area contributed by atoms with Gasteiger partial charge in [-0.2, -0.15) is 0 Å². The second-order valence-electron chi connectivity index (χ2n) is 5.46. The Morgan fingerprint density at radius 1 is 1.08 bits per heavy atom. The standard InChI is InChI=1S/C21H25NO4/c1-4-25-15-17-8-6-7-9-18(17)22-21(23)13-11-16-10-12-19(24-3)20(14-16)26-5-2/h6-14H,4-5,15H2,1-3H3,(H,22,23)/b13-11+. The van der Waals surface area contributed by atoms with Crippen LogP contribution in [0, 0.1) is 0 Å². The Labute approximate surface area is 154 Å². The van der Waals surface area contributed by atoms with E-state index in [0.29, 0.717) is 31.3 Å². The fourth-order valence-corrected chi connectivity index (χ4v) is 2.39. The summed E-state index contributed by atoms with van der Waals surface area (Å²) in [6.45, 7) is 5.49. The first-order valence-electron chi connectivity index (χ1n) is 8.63. The Kier molecular flexibility index (Phi) is 7.71. The quantitative estimate of drug-likeness (QED) is 0.682. The van der Waals surface area contributed by atoms with Crippen LogP contribution in [0.3, 0.4) is 0 Å². The highest BCUT2D eigenvalue weighted by molar-refractivity contribution is 6.02. The lowest BCUT2D eigenvalue weighted by atomic mass is 10.1. The highest BCUT2D eigenvalue weighted by atomic mass is 16.5. The summed E-state index contributed by atoms with van der Waals surface area (Å²) in [5.41, 5.74) is 2.55. The van der Waals surface area contributed by atoms with Gasteiger partial charge in [-0.15, -0.1) is 0 Å². The minimum Gasteiger partial charge on any atom is -0.493 e. The van der Waals surface area contributed by atoms with Gasteiger partial charge in [0, 0.05) is 23.9 Å². The molecule has 0 aliphatic rings. The molecule has 0 saturated heterocycles. The Morgan fingerprint density at radius 2 is 1.88 bits per heavy atom. The van der Waals surface area contributed by atoms with Gasteiger partial charge in [0.1, 0.15) is 0 Å². The molecule has 0 aliphatic heterocycles. The average Bonchev–Trinajstić information content (AvgIpc) is 2.66. The van der Waals surface area contributed by atoms with E-state index in [1.807, 2.05) is 56.3 Å². The monoisotopic (exact) mass is 355 g/mol. The van der Waals surface area contributed by atoms with Crippen LogP contribution >= 0.6 is 0 Å². The van der Waals surface area contributed by atoms with Crippen LogP contribution in [-0.4, -0.2) is 26.2 Å². The summed E-state index contributed by atoms with van der Waals surface area (Å²) in [7, 11) is 1.60. The SMILES string of the molecule is CCOCc1ccccc1NC(=O)/C=C/c1ccc(OC)c(OCC)c1. The van der Waals surface area contributed by atoms with E-state index < -0.39 is 0 Å². The number of anilines is 1.